The number of sulfone groups is 1. The van der Waals surface area contributed by atoms with Crippen LogP contribution in [0.15, 0.2) is 35.3 Å². The molecule has 1 aliphatic rings. The Balaban J connectivity index is 1.75. The molecular formula is C20H34N4O2S. The molecule has 0 radical (unpaired) electrons. The lowest BCUT2D eigenvalue weighted by Crippen LogP contribution is -2.40. The SMILES string of the molecule is CCNC(=NCC1CCCN1CC)NCCCS(=O)(=O)Cc1ccccc1. The first-order chi connectivity index (χ1) is 13.0. The van der Waals surface area contributed by atoms with Crippen LogP contribution in [0.3, 0.4) is 0 Å². The van der Waals surface area contributed by atoms with Gasteiger partial charge in [-0.3, -0.25) is 9.89 Å². The molecule has 0 aromatic heterocycles. The third-order valence-electron chi connectivity index (χ3n) is 4.86. The minimum Gasteiger partial charge on any atom is -0.357 e. The van der Waals surface area contributed by atoms with Gasteiger partial charge in [-0.1, -0.05) is 37.3 Å². The Morgan fingerprint density at radius 2 is 2.00 bits per heavy atom. The van der Waals surface area contributed by atoms with Crippen molar-refractivity contribution in [1.29, 1.82) is 0 Å². The van der Waals surface area contributed by atoms with Gasteiger partial charge in [0, 0.05) is 19.1 Å². The van der Waals surface area contributed by atoms with Crippen LogP contribution in [0.1, 0.15) is 38.7 Å². The Labute approximate surface area is 164 Å². The molecule has 0 spiro atoms. The van der Waals surface area contributed by atoms with Gasteiger partial charge in [-0.2, -0.15) is 0 Å². The molecule has 2 rings (SSSR count). The fourth-order valence-corrected chi connectivity index (χ4v) is 4.88. The zero-order valence-electron chi connectivity index (χ0n) is 16.7. The monoisotopic (exact) mass is 394 g/mol. The first kappa shape index (κ1) is 21.7. The predicted octanol–water partition coefficient (Wildman–Crippen LogP) is 2.03. The maximum Gasteiger partial charge on any atom is 0.191 e. The summed E-state index contributed by atoms with van der Waals surface area (Å²) in [5, 5.41) is 6.52. The predicted molar refractivity (Wildman–Crippen MR) is 113 cm³/mol. The van der Waals surface area contributed by atoms with E-state index in [4.69, 9.17) is 4.99 Å². The van der Waals surface area contributed by atoms with E-state index in [1.54, 1.807) is 0 Å². The van der Waals surface area contributed by atoms with Gasteiger partial charge >= 0.3 is 0 Å². The highest BCUT2D eigenvalue weighted by atomic mass is 32.2. The second kappa shape index (κ2) is 11.3. The van der Waals surface area contributed by atoms with Crippen molar-refractivity contribution in [3.8, 4) is 0 Å². The van der Waals surface area contributed by atoms with Gasteiger partial charge in [0.2, 0.25) is 0 Å². The quantitative estimate of drug-likeness (QED) is 0.361. The Bertz CT molecular complexity index is 676. The third kappa shape index (κ3) is 7.89. The van der Waals surface area contributed by atoms with Crippen molar-refractivity contribution in [2.24, 2.45) is 4.99 Å². The molecule has 6 nitrogen and oxygen atoms in total. The number of aliphatic imine (C=N–C) groups is 1. The number of nitrogens with zero attached hydrogens (tertiary/aromatic N) is 2. The third-order valence-corrected chi connectivity index (χ3v) is 6.55. The lowest BCUT2D eigenvalue weighted by Gasteiger charge is -2.21. The summed E-state index contributed by atoms with van der Waals surface area (Å²) < 4.78 is 24.5. The van der Waals surface area contributed by atoms with E-state index in [0.29, 0.717) is 19.0 Å². The average molecular weight is 395 g/mol. The summed E-state index contributed by atoms with van der Waals surface area (Å²) in [5.41, 5.74) is 0.845. The van der Waals surface area contributed by atoms with Crippen molar-refractivity contribution in [2.45, 2.75) is 44.9 Å². The highest BCUT2D eigenvalue weighted by molar-refractivity contribution is 7.90. The fraction of sp³-hybridized carbons (Fsp3) is 0.650. The summed E-state index contributed by atoms with van der Waals surface area (Å²) >= 11 is 0. The van der Waals surface area contributed by atoms with Crippen LogP contribution in [0, 0.1) is 0 Å². The minimum atomic E-state index is -3.09. The van der Waals surface area contributed by atoms with Crippen LogP contribution in [0.4, 0.5) is 0 Å². The summed E-state index contributed by atoms with van der Waals surface area (Å²) in [6, 6.07) is 9.87. The summed E-state index contributed by atoms with van der Waals surface area (Å²) in [6.07, 6.45) is 3.02. The summed E-state index contributed by atoms with van der Waals surface area (Å²) in [5.74, 6) is 1.07. The lowest BCUT2D eigenvalue weighted by atomic mass is 10.2. The first-order valence-corrected chi connectivity index (χ1v) is 11.9. The van der Waals surface area contributed by atoms with Crippen LogP contribution in [0.2, 0.25) is 0 Å². The van der Waals surface area contributed by atoms with E-state index >= 15 is 0 Å². The van der Waals surface area contributed by atoms with E-state index in [9.17, 15) is 8.42 Å². The molecule has 1 unspecified atom stereocenters. The topological polar surface area (TPSA) is 73.8 Å². The van der Waals surface area contributed by atoms with Gasteiger partial charge in [0.15, 0.2) is 15.8 Å². The van der Waals surface area contributed by atoms with Crippen LogP contribution >= 0.6 is 0 Å². The number of nitrogens with one attached hydrogen (secondary N) is 2. The largest absolute Gasteiger partial charge is 0.357 e. The summed E-state index contributed by atoms with van der Waals surface area (Å²) in [7, 11) is -3.09. The van der Waals surface area contributed by atoms with E-state index in [1.807, 2.05) is 37.3 Å². The molecule has 1 aromatic carbocycles. The smallest absolute Gasteiger partial charge is 0.191 e. The highest BCUT2D eigenvalue weighted by Crippen LogP contribution is 2.16. The van der Waals surface area contributed by atoms with Crippen LogP contribution in [0.5, 0.6) is 0 Å². The average Bonchev–Trinajstić information content (AvgIpc) is 3.11. The number of likely N-dealkylation sites (tertiary alicyclic amines) is 1. The van der Waals surface area contributed by atoms with E-state index in [1.165, 1.54) is 19.4 Å². The molecule has 1 saturated heterocycles. The van der Waals surface area contributed by atoms with Crippen LogP contribution in [-0.4, -0.2) is 63.8 Å². The van der Waals surface area contributed by atoms with Crippen LogP contribution < -0.4 is 10.6 Å². The van der Waals surface area contributed by atoms with Gasteiger partial charge in [0.05, 0.1) is 18.1 Å². The lowest BCUT2D eigenvalue weighted by molar-refractivity contribution is 0.273. The molecule has 1 atom stereocenters. The Hall–Kier alpha value is -1.60. The molecule has 0 aliphatic carbocycles. The first-order valence-electron chi connectivity index (χ1n) is 10.0. The number of guanidine groups is 1. The molecule has 0 amide bonds. The van der Waals surface area contributed by atoms with Crippen molar-refractivity contribution in [1.82, 2.24) is 15.5 Å². The van der Waals surface area contributed by atoms with Crippen molar-refractivity contribution in [3.63, 3.8) is 0 Å². The fourth-order valence-electron chi connectivity index (χ4n) is 3.46. The molecule has 1 fully saturated rings. The number of hydrogen-bond donors (Lipinski definition) is 2. The van der Waals surface area contributed by atoms with Gasteiger partial charge in [-0.15, -0.1) is 0 Å². The standard InChI is InChI=1S/C20H34N4O2S/c1-3-21-20(23-16-19-12-8-14-24(19)4-2)22-13-9-15-27(25,26)17-18-10-6-5-7-11-18/h5-7,10-11,19H,3-4,8-9,12-17H2,1-2H3,(H2,21,22,23). The Morgan fingerprint density at radius 1 is 1.22 bits per heavy atom. The zero-order valence-corrected chi connectivity index (χ0v) is 17.5. The molecule has 2 N–H and O–H groups in total. The molecule has 152 valence electrons. The normalized spacial score (nSPS) is 18.6. The minimum absolute atomic E-state index is 0.108. The molecule has 1 heterocycles. The van der Waals surface area contributed by atoms with Crippen LogP contribution in [-0.2, 0) is 15.6 Å². The van der Waals surface area contributed by atoms with Crippen molar-refractivity contribution in [2.75, 3.05) is 38.5 Å². The van der Waals surface area contributed by atoms with Crippen molar-refractivity contribution >= 4 is 15.8 Å². The molecule has 0 bridgehead atoms. The number of rotatable bonds is 10. The summed E-state index contributed by atoms with van der Waals surface area (Å²) in [4.78, 5) is 7.17. The van der Waals surface area contributed by atoms with Gasteiger partial charge in [0.25, 0.3) is 0 Å². The van der Waals surface area contributed by atoms with Gasteiger partial charge in [-0.05, 0) is 44.8 Å². The molecule has 1 aromatic rings. The van der Waals surface area contributed by atoms with Crippen molar-refractivity contribution < 1.29 is 8.42 Å². The molecular weight excluding hydrogens is 360 g/mol. The van der Waals surface area contributed by atoms with Crippen molar-refractivity contribution in [3.05, 3.63) is 35.9 Å². The highest BCUT2D eigenvalue weighted by Gasteiger charge is 2.22. The second-order valence-electron chi connectivity index (χ2n) is 7.00. The van der Waals surface area contributed by atoms with E-state index in [-0.39, 0.29) is 11.5 Å². The van der Waals surface area contributed by atoms with E-state index < -0.39 is 9.84 Å². The van der Waals surface area contributed by atoms with E-state index in [0.717, 1.165) is 31.2 Å². The molecule has 1 aliphatic heterocycles. The number of likely N-dealkylation sites (N-methyl/N-ethyl adjacent to an activating group) is 1. The van der Waals surface area contributed by atoms with Gasteiger partial charge in [0.1, 0.15) is 0 Å². The molecule has 27 heavy (non-hydrogen) atoms. The van der Waals surface area contributed by atoms with Crippen LogP contribution in [0.25, 0.3) is 0 Å². The summed E-state index contributed by atoms with van der Waals surface area (Å²) in [6.45, 7) is 8.65. The van der Waals surface area contributed by atoms with Gasteiger partial charge in [-0.25, -0.2) is 8.42 Å². The Morgan fingerprint density at radius 3 is 2.70 bits per heavy atom. The van der Waals surface area contributed by atoms with E-state index in [2.05, 4.69) is 22.5 Å². The van der Waals surface area contributed by atoms with Gasteiger partial charge < -0.3 is 10.6 Å². The zero-order chi connectivity index (χ0) is 19.5. The second-order valence-corrected chi connectivity index (χ2v) is 9.19. The number of benzene rings is 1. The molecule has 7 heteroatoms. The maximum absolute atomic E-state index is 12.3. The Kier molecular flexibility index (Phi) is 9.07. The molecule has 0 saturated carbocycles. The number of hydrogen-bond acceptors (Lipinski definition) is 4. The maximum atomic E-state index is 12.3.